The molecule has 0 bridgehead atoms. The first-order chi connectivity index (χ1) is 7.17. The third kappa shape index (κ3) is 3.97. The standard InChI is InChI=1S/C10H15NO3S/c1-14-8-4-5-9-15(12,13)10-6-2-3-7-11-10/h2-3,6-7H,4-5,8-9H2,1H3. The summed E-state index contributed by atoms with van der Waals surface area (Å²) in [6, 6.07) is 4.89. The van der Waals surface area contributed by atoms with Gasteiger partial charge in [-0.05, 0) is 25.0 Å². The second-order valence-corrected chi connectivity index (χ2v) is 5.24. The Morgan fingerprint density at radius 3 is 2.73 bits per heavy atom. The number of hydrogen-bond donors (Lipinski definition) is 0. The van der Waals surface area contributed by atoms with E-state index in [0.717, 1.165) is 6.42 Å². The molecular weight excluding hydrogens is 214 g/mol. The molecule has 0 radical (unpaired) electrons. The summed E-state index contributed by atoms with van der Waals surface area (Å²) in [4.78, 5) is 3.83. The minimum absolute atomic E-state index is 0.132. The van der Waals surface area contributed by atoms with Crippen molar-refractivity contribution in [2.24, 2.45) is 0 Å². The smallest absolute Gasteiger partial charge is 0.195 e. The van der Waals surface area contributed by atoms with Gasteiger partial charge in [0.05, 0.1) is 5.75 Å². The number of ether oxygens (including phenoxy) is 1. The van der Waals surface area contributed by atoms with E-state index in [2.05, 4.69) is 4.98 Å². The van der Waals surface area contributed by atoms with Crippen LogP contribution in [0.15, 0.2) is 29.4 Å². The van der Waals surface area contributed by atoms with E-state index in [1.165, 1.54) is 12.3 Å². The van der Waals surface area contributed by atoms with Gasteiger partial charge in [-0.2, -0.15) is 0 Å². The Bertz CT molecular complexity index is 375. The van der Waals surface area contributed by atoms with Gasteiger partial charge < -0.3 is 4.74 Å². The summed E-state index contributed by atoms with van der Waals surface area (Å²) in [7, 11) is -1.60. The molecule has 0 unspecified atom stereocenters. The van der Waals surface area contributed by atoms with Gasteiger partial charge in [-0.15, -0.1) is 0 Å². The maximum Gasteiger partial charge on any atom is 0.195 e. The molecule has 1 aromatic heterocycles. The molecule has 1 rings (SSSR count). The topological polar surface area (TPSA) is 56.3 Å². The number of aromatic nitrogens is 1. The molecule has 5 heteroatoms. The number of hydrogen-bond acceptors (Lipinski definition) is 4. The van der Waals surface area contributed by atoms with Crippen molar-refractivity contribution in [3.05, 3.63) is 24.4 Å². The van der Waals surface area contributed by atoms with Crippen LogP contribution < -0.4 is 0 Å². The molecule has 0 fully saturated rings. The van der Waals surface area contributed by atoms with Crippen LogP contribution in [-0.2, 0) is 14.6 Å². The van der Waals surface area contributed by atoms with Crippen molar-refractivity contribution in [1.29, 1.82) is 0 Å². The number of pyridine rings is 1. The van der Waals surface area contributed by atoms with Crippen molar-refractivity contribution < 1.29 is 13.2 Å². The van der Waals surface area contributed by atoms with Crippen molar-refractivity contribution in [2.75, 3.05) is 19.5 Å². The van der Waals surface area contributed by atoms with Crippen molar-refractivity contribution in [3.8, 4) is 0 Å². The molecular formula is C10H15NO3S. The van der Waals surface area contributed by atoms with Crippen LogP contribution in [0.4, 0.5) is 0 Å². The van der Waals surface area contributed by atoms with E-state index < -0.39 is 9.84 Å². The number of unbranched alkanes of at least 4 members (excludes halogenated alkanes) is 1. The number of nitrogens with zero attached hydrogens (tertiary/aromatic N) is 1. The Morgan fingerprint density at radius 2 is 2.13 bits per heavy atom. The zero-order chi connectivity index (χ0) is 11.1. The highest BCUT2D eigenvalue weighted by Crippen LogP contribution is 2.08. The summed E-state index contributed by atoms with van der Waals surface area (Å²) in [5.74, 6) is 0.132. The molecule has 0 spiro atoms. The van der Waals surface area contributed by atoms with Crippen LogP contribution in [0.5, 0.6) is 0 Å². The van der Waals surface area contributed by atoms with E-state index in [0.29, 0.717) is 13.0 Å². The summed E-state index contributed by atoms with van der Waals surface area (Å²) in [5.41, 5.74) is 0. The molecule has 0 amide bonds. The van der Waals surface area contributed by atoms with Gasteiger partial charge in [0.1, 0.15) is 0 Å². The summed E-state index contributed by atoms with van der Waals surface area (Å²) in [5, 5.41) is 0.155. The Balaban J connectivity index is 2.53. The summed E-state index contributed by atoms with van der Waals surface area (Å²) >= 11 is 0. The predicted octanol–water partition coefficient (Wildman–Crippen LogP) is 1.28. The van der Waals surface area contributed by atoms with E-state index in [-0.39, 0.29) is 10.8 Å². The molecule has 1 aromatic rings. The van der Waals surface area contributed by atoms with Crippen LogP contribution in [-0.4, -0.2) is 32.9 Å². The zero-order valence-corrected chi connectivity index (χ0v) is 9.53. The highest BCUT2D eigenvalue weighted by molar-refractivity contribution is 7.91. The molecule has 0 aromatic carbocycles. The van der Waals surface area contributed by atoms with Gasteiger partial charge in [-0.1, -0.05) is 6.07 Å². The largest absolute Gasteiger partial charge is 0.385 e. The number of methoxy groups -OCH3 is 1. The van der Waals surface area contributed by atoms with Gasteiger partial charge in [-0.3, -0.25) is 0 Å². The maximum absolute atomic E-state index is 11.7. The minimum atomic E-state index is -3.21. The van der Waals surface area contributed by atoms with Gasteiger partial charge in [0.25, 0.3) is 0 Å². The third-order valence-corrected chi connectivity index (χ3v) is 3.67. The average molecular weight is 229 g/mol. The van der Waals surface area contributed by atoms with Crippen molar-refractivity contribution in [3.63, 3.8) is 0 Å². The second kappa shape index (κ2) is 5.82. The van der Waals surface area contributed by atoms with Gasteiger partial charge in [0.2, 0.25) is 0 Å². The van der Waals surface area contributed by atoms with E-state index in [1.54, 1.807) is 19.2 Å². The lowest BCUT2D eigenvalue weighted by Crippen LogP contribution is -2.09. The molecule has 4 nitrogen and oxygen atoms in total. The lowest BCUT2D eigenvalue weighted by molar-refractivity contribution is 0.194. The lowest BCUT2D eigenvalue weighted by Gasteiger charge is -2.02. The molecule has 0 aliphatic carbocycles. The molecule has 0 N–H and O–H groups in total. The minimum Gasteiger partial charge on any atom is -0.385 e. The first kappa shape index (κ1) is 12.1. The lowest BCUT2D eigenvalue weighted by atomic mass is 10.4. The zero-order valence-electron chi connectivity index (χ0n) is 8.72. The SMILES string of the molecule is COCCCCS(=O)(=O)c1ccccn1. The van der Waals surface area contributed by atoms with Crippen molar-refractivity contribution in [2.45, 2.75) is 17.9 Å². The predicted molar refractivity (Wildman–Crippen MR) is 57.4 cm³/mol. The van der Waals surface area contributed by atoms with Crippen LogP contribution in [0.2, 0.25) is 0 Å². The maximum atomic E-state index is 11.7. The Hall–Kier alpha value is -0.940. The quantitative estimate of drug-likeness (QED) is 0.689. The fraction of sp³-hybridized carbons (Fsp3) is 0.500. The first-order valence-electron chi connectivity index (χ1n) is 4.79. The van der Waals surface area contributed by atoms with E-state index >= 15 is 0 Å². The monoisotopic (exact) mass is 229 g/mol. The van der Waals surface area contributed by atoms with Crippen LogP contribution >= 0.6 is 0 Å². The normalized spacial score (nSPS) is 11.5. The molecule has 84 valence electrons. The second-order valence-electron chi connectivity index (χ2n) is 3.19. The molecule has 0 saturated carbocycles. The fourth-order valence-corrected chi connectivity index (χ4v) is 2.47. The molecule has 1 heterocycles. The molecule has 0 aliphatic heterocycles. The summed E-state index contributed by atoms with van der Waals surface area (Å²) < 4.78 is 28.2. The van der Waals surface area contributed by atoms with Crippen molar-refractivity contribution >= 4 is 9.84 Å². The average Bonchev–Trinajstić information content (AvgIpc) is 2.26. The number of sulfone groups is 1. The van der Waals surface area contributed by atoms with E-state index in [4.69, 9.17) is 4.74 Å². The third-order valence-electron chi connectivity index (χ3n) is 1.97. The number of rotatable bonds is 6. The molecule has 15 heavy (non-hydrogen) atoms. The van der Waals surface area contributed by atoms with Crippen LogP contribution in [0, 0.1) is 0 Å². The van der Waals surface area contributed by atoms with Gasteiger partial charge >= 0.3 is 0 Å². The highest BCUT2D eigenvalue weighted by Gasteiger charge is 2.14. The van der Waals surface area contributed by atoms with Crippen LogP contribution in [0.3, 0.4) is 0 Å². The molecule has 0 atom stereocenters. The molecule has 0 aliphatic rings. The summed E-state index contributed by atoms with van der Waals surface area (Å²) in [6.45, 7) is 0.595. The van der Waals surface area contributed by atoms with Gasteiger partial charge in [-0.25, -0.2) is 13.4 Å². The summed E-state index contributed by atoms with van der Waals surface area (Å²) in [6.07, 6.45) is 2.84. The van der Waals surface area contributed by atoms with E-state index in [9.17, 15) is 8.42 Å². The fourth-order valence-electron chi connectivity index (χ4n) is 1.17. The van der Waals surface area contributed by atoms with E-state index in [1.807, 2.05) is 0 Å². The Morgan fingerprint density at radius 1 is 1.33 bits per heavy atom. The molecule has 0 saturated heterocycles. The van der Waals surface area contributed by atoms with Crippen LogP contribution in [0.1, 0.15) is 12.8 Å². The van der Waals surface area contributed by atoms with Crippen molar-refractivity contribution in [1.82, 2.24) is 4.98 Å². The Kier molecular flexibility index (Phi) is 4.71. The first-order valence-corrected chi connectivity index (χ1v) is 6.45. The van der Waals surface area contributed by atoms with Gasteiger partial charge in [0.15, 0.2) is 14.9 Å². The highest BCUT2D eigenvalue weighted by atomic mass is 32.2. The van der Waals surface area contributed by atoms with Gasteiger partial charge in [0, 0.05) is 19.9 Å². The Labute approximate surface area is 90.2 Å². The van der Waals surface area contributed by atoms with Crippen LogP contribution in [0.25, 0.3) is 0 Å².